The quantitative estimate of drug-likeness (QED) is 0.593. The summed E-state index contributed by atoms with van der Waals surface area (Å²) in [7, 11) is 3.78. The minimum Gasteiger partial charge on any atom is -0.508 e. The highest BCUT2D eigenvalue weighted by Crippen LogP contribution is 2.66. The van der Waals surface area contributed by atoms with E-state index in [2.05, 4.69) is 10.3 Å². The Morgan fingerprint density at radius 1 is 1.29 bits per heavy atom. The Balaban J connectivity index is 1.67. The zero-order valence-corrected chi connectivity index (χ0v) is 18.7. The average Bonchev–Trinajstić information content (AvgIpc) is 3.40. The highest BCUT2D eigenvalue weighted by Gasteiger charge is 2.67. The Morgan fingerprint density at radius 2 is 1.94 bits per heavy atom. The number of aromatic nitrogens is 1. The van der Waals surface area contributed by atoms with Crippen LogP contribution >= 0.6 is 11.3 Å². The van der Waals surface area contributed by atoms with Crippen LogP contribution in [0.15, 0.2) is 30.5 Å². The SMILES string of the molecule is Cc1ncc([C@@H](CC(=O)NC[C@H](Cc2ccc(O)cc2)N(C)C)C2(C(F)(F)F)CC2)s1. The minimum atomic E-state index is -4.35. The van der Waals surface area contributed by atoms with E-state index in [0.29, 0.717) is 22.9 Å². The number of nitrogens with one attached hydrogen (secondary N) is 1. The number of carbonyl (C=O) groups is 1. The molecule has 3 rings (SSSR count). The smallest absolute Gasteiger partial charge is 0.395 e. The van der Waals surface area contributed by atoms with Crippen LogP contribution in [0.25, 0.3) is 0 Å². The predicted octanol–water partition coefficient (Wildman–Crippen LogP) is 4.26. The van der Waals surface area contributed by atoms with Crippen LogP contribution in [-0.4, -0.2) is 53.8 Å². The summed E-state index contributed by atoms with van der Waals surface area (Å²) in [4.78, 5) is 19.3. The Morgan fingerprint density at radius 3 is 2.42 bits per heavy atom. The molecule has 9 heteroatoms. The lowest BCUT2D eigenvalue weighted by Gasteiger charge is -2.29. The van der Waals surface area contributed by atoms with Crippen molar-refractivity contribution < 1.29 is 23.1 Å². The van der Waals surface area contributed by atoms with Gasteiger partial charge >= 0.3 is 6.18 Å². The summed E-state index contributed by atoms with van der Waals surface area (Å²) in [5, 5.41) is 13.0. The first-order valence-corrected chi connectivity index (χ1v) is 11.0. The Bertz CT molecular complexity index is 892. The van der Waals surface area contributed by atoms with Crippen molar-refractivity contribution in [3.05, 3.63) is 45.9 Å². The maximum absolute atomic E-state index is 13.8. The second-order valence-corrected chi connectivity index (χ2v) is 9.75. The first-order valence-electron chi connectivity index (χ1n) is 10.2. The number of carbonyl (C=O) groups excluding carboxylic acids is 1. The van der Waals surface area contributed by atoms with Gasteiger partial charge < -0.3 is 15.3 Å². The second kappa shape index (κ2) is 9.16. The number of rotatable bonds is 9. The Labute approximate surface area is 184 Å². The Kier molecular flexibility index (Phi) is 6.95. The van der Waals surface area contributed by atoms with Crippen molar-refractivity contribution in [2.45, 2.75) is 50.7 Å². The standard InChI is InChI=1S/C22H28F3N3O2S/c1-14-26-13-19(31-14)18(21(8-9-21)22(23,24)25)11-20(30)27-12-16(28(2)3)10-15-4-6-17(29)7-5-15/h4-7,13,16,18,29H,8-12H2,1-3H3,(H,27,30)/t16-,18+/m0/s1. The van der Waals surface area contributed by atoms with E-state index in [1.54, 1.807) is 19.1 Å². The molecule has 2 atom stereocenters. The summed E-state index contributed by atoms with van der Waals surface area (Å²) in [5.74, 6) is -1.11. The van der Waals surface area contributed by atoms with E-state index < -0.39 is 17.5 Å². The van der Waals surface area contributed by atoms with Crippen LogP contribution in [0.3, 0.4) is 0 Å². The van der Waals surface area contributed by atoms with Gasteiger partial charge in [0.2, 0.25) is 5.91 Å². The molecule has 0 spiro atoms. The van der Waals surface area contributed by atoms with Gasteiger partial charge in [0.15, 0.2) is 0 Å². The van der Waals surface area contributed by atoms with Crippen LogP contribution < -0.4 is 5.32 Å². The summed E-state index contributed by atoms with van der Waals surface area (Å²) < 4.78 is 41.4. The van der Waals surface area contributed by atoms with E-state index in [9.17, 15) is 23.1 Å². The van der Waals surface area contributed by atoms with E-state index >= 15 is 0 Å². The maximum Gasteiger partial charge on any atom is 0.395 e. The maximum atomic E-state index is 13.8. The molecule has 1 aliphatic carbocycles. The third kappa shape index (κ3) is 5.57. The van der Waals surface area contributed by atoms with Gasteiger partial charge in [-0.05, 0) is 58.0 Å². The Hall–Kier alpha value is -2.13. The molecule has 0 bridgehead atoms. The largest absolute Gasteiger partial charge is 0.508 e. The molecule has 31 heavy (non-hydrogen) atoms. The number of benzene rings is 1. The summed E-state index contributed by atoms with van der Waals surface area (Å²) in [5.41, 5.74) is -0.825. The highest BCUT2D eigenvalue weighted by molar-refractivity contribution is 7.11. The number of phenolic OH excluding ortho intramolecular Hbond substituents is 1. The number of halogens is 3. The zero-order valence-electron chi connectivity index (χ0n) is 17.9. The number of phenols is 1. The van der Waals surface area contributed by atoms with Crippen molar-refractivity contribution >= 4 is 17.2 Å². The molecule has 2 aromatic rings. The van der Waals surface area contributed by atoms with Gasteiger partial charge in [0, 0.05) is 36.0 Å². The lowest BCUT2D eigenvalue weighted by Crippen LogP contribution is -2.42. The molecule has 1 amide bonds. The van der Waals surface area contributed by atoms with Crippen molar-refractivity contribution in [2.75, 3.05) is 20.6 Å². The third-order valence-electron chi connectivity index (χ3n) is 6.07. The summed E-state index contributed by atoms with van der Waals surface area (Å²) in [6, 6.07) is 6.81. The van der Waals surface area contributed by atoms with Crippen molar-refractivity contribution in [3.8, 4) is 5.75 Å². The molecule has 1 fully saturated rings. The molecule has 0 unspecified atom stereocenters. The van der Waals surface area contributed by atoms with Gasteiger partial charge in [-0.15, -0.1) is 11.3 Å². The van der Waals surface area contributed by atoms with Crippen LogP contribution in [-0.2, 0) is 11.2 Å². The average molecular weight is 456 g/mol. The van der Waals surface area contributed by atoms with E-state index in [1.165, 1.54) is 17.5 Å². The fourth-order valence-corrected chi connectivity index (χ4v) is 4.91. The van der Waals surface area contributed by atoms with E-state index in [4.69, 9.17) is 0 Å². The first kappa shape index (κ1) is 23.5. The second-order valence-electron chi connectivity index (χ2n) is 8.48. The van der Waals surface area contributed by atoms with E-state index in [1.807, 2.05) is 31.1 Å². The van der Waals surface area contributed by atoms with Crippen molar-refractivity contribution in [2.24, 2.45) is 5.41 Å². The normalized spacial score (nSPS) is 17.4. The predicted molar refractivity (Wildman–Crippen MR) is 114 cm³/mol. The van der Waals surface area contributed by atoms with E-state index in [0.717, 1.165) is 5.56 Å². The molecular formula is C22H28F3N3O2S. The zero-order chi connectivity index (χ0) is 22.8. The number of alkyl halides is 3. The van der Waals surface area contributed by atoms with Crippen molar-refractivity contribution in [1.82, 2.24) is 15.2 Å². The first-order chi connectivity index (χ1) is 14.5. The third-order valence-corrected chi connectivity index (χ3v) is 7.09. The summed E-state index contributed by atoms with van der Waals surface area (Å²) >= 11 is 1.23. The topological polar surface area (TPSA) is 65.5 Å². The van der Waals surface area contributed by atoms with Gasteiger partial charge in [-0.3, -0.25) is 4.79 Å². The van der Waals surface area contributed by atoms with Crippen LogP contribution in [0, 0.1) is 12.3 Å². The number of likely N-dealkylation sites (N-methyl/N-ethyl adjacent to an activating group) is 1. The van der Waals surface area contributed by atoms with E-state index in [-0.39, 0.29) is 37.0 Å². The molecule has 0 saturated heterocycles. The van der Waals surface area contributed by atoms with Crippen LogP contribution in [0.1, 0.15) is 40.6 Å². The number of aryl methyl sites for hydroxylation is 1. The lowest BCUT2D eigenvalue weighted by atomic mass is 9.84. The van der Waals surface area contributed by atoms with Crippen LogP contribution in [0.2, 0.25) is 0 Å². The van der Waals surface area contributed by atoms with Gasteiger partial charge in [0.1, 0.15) is 5.75 Å². The van der Waals surface area contributed by atoms with Gasteiger partial charge in [-0.2, -0.15) is 13.2 Å². The van der Waals surface area contributed by atoms with Gasteiger partial charge in [-0.25, -0.2) is 4.98 Å². The molecular weight excluding hydrogens is 427 g/mol. The number of hydrogen-bond donors (Lipinski definition) is 2. The molecule has 1 heterocycles. The summed E-state index contributed by atoms with van der Waals surface area (Å²) in [6.07, 6.45) is -2.34. The molecule has 1 saturated carbocycles. The highest BCUT2D eigenvalue weighted by atomic mass is 32.1. The molecule has 5 nitrogen and oxygen atoms in total. The molecule has 1 aromatic heterocycles. The molecule has 2 N–H and O–H groups in total. The van der Waals surface area contributed by atoms with Gasteiger partial charge in [0.05, 0.1) is 10.4 Å². The minimum absolute atomic E-state index is 0.0323. The number of hydrogen-bond acceptors (Lipinski definition) is 5. The van der Waals surface area contributed by atoms with Gasteiger partial charge in [0.25, 0.3) is 0 Å². The molecule has 0 aliphatic heterocycles. The molecule has 1 aliphatic rings. The summed E-state index contributed by atoms with van der Waals surface area (Å²) in [6.45, 7) is 2.07. The van der Waals surface area contributed by atoms with Gasteiger partial charge in [-0.1, -0.05) is 12.1 Å². The van der Waals surface area contributed by atoms with Crippen LogP contribution in [0.4, 0.5) is 13.2 Å². The monoisotopic (exact) mass is 455 g/mol. The molecule has 1 aromatic carbocycles. The number of aromatic hydroxyl groups is 1. The van der Waals surface area contributed by atoms with Crippen LogP contribution in [0.5, 0.6) is 5.75 Å². The fraction of sp³-hybridized carbons (Fsp3) is 0.545. The molecule has 0 radical (unpaired) electrons. The van der Waals surface area contributed by atoms with Crippen molar-refractivity contribution in [3.63, 3.8) is 0 Å². The lowest BCUT2D eigenvalue weighted by molar-refractivity contribution is -0.194. The number of thiazole rings is 1. The molecule has 170 valence electrons. The number of nitrogens with zero attached hydrogens (tertiary/aromatic N) is 2. The van der Waals surface area contributed by atoms with Crippen molar-refractivity contribution in [1.29, 1.82) is 0 Å². The number of amides is 1. The fourth-order valence-electron chi connectivity index (χ4n) is 3.90.